The first-order chi connectivity index (χ1) is 15.3. The highest BCUT2D eigenvalue weighted by Crippen LogP contribution is 2.43. The molecule has 0 radical (unpaired) electrons. The highest BCUT2D eigenvalue weighted by atomic mass is 35.5. The Bertz CT molecular complexity index is 1020. The Morgan fingerprint density at radius 2 is 1.81 bits per heavy atom. The summed E-state index contributed by atoms with van der Waals surface area (Å²) >= 11 is 7.48. The van der Waals surface area contributed by atoms with E-state index in [0.717, 1.165) is 16.9 Å². The van der Waals surface area contributed by atoms with E-state index >= 15 is 0 Å². The molecule has 0 saturated heterocycles. The van der Waals surface area contributed by atoms with Gasteiger partial charge in [0.1, 0.15) is 16.9 Å². The van der Waals surface area contributed by atoms with Gasteiger partial charge in [-0.1, -0.05) is 41.6 Å². The number of thioether (sulfide) groups is 1. The van der Waals surface area contributed by atoms with Crippen LogP contribution in [0.5, 0.6) is 11.5 Å². The minimum Gasteiger partial charge on any atom is -0.493 e. The Kier molecular flexibility index (Phi) is 8.04. The van der Waals surface area contributed by atoms with Crippen LogP contribution in [-0.4, -0.2) is 35.2 Å². The van der Waals surface area contributed by atoms with Gasteiger partial charge in [0.2, 0.25) is 11.8 Å². The van der Waals surface area contributed by atoms with Gasteiger partial charge in [-0.3, -0.25) is 9.59 Å². The lowest BCUT2D eigenvalue weighted by Crippen LogP contribution is -2.25. The maximum atomic E-state index is 12.1. The zero-order valence-electron chi connectivity index (χ0n) is 18.5. The summed E-state index contributed by atoms with van der Waals surface area (Å²) in [5.74, 6) is 0.994. The third-order valence-electron chi connectivity index (χ3n) is 4.69. The van der Waals surface area contributed by atoms with E-state index < -0.39 is 5.37 Å². The van der Waals surface area contributed by atoms with E-state index in [9.17, 15) is 9.59 Å². The quantitative estimate of drug-likeness (QED) is 0.581. The number of halogens is 1. The van der Waals surface area contributed by atoms with Crippen LogP contribution in [0.25, 0.3) is 0 Å². The monoisotopic (exact) mass is 475 g/mol. The Balaban J connectivity index is 1.66. The van der Waals surface area contributed by atoms with E-state index in [4.69, 9.17) is 21.1 Å². The van der Waals surface area contributed by atoms with Crippen molar-refractivity contribution in [1.29, 1.82) is 0 Å². The molecular formula is C23H26ClN3O4S. The number of hydrogen-bond acceptors (Lipinski definition) is 6. The summed E-state index contributed by atoms with van der Waals surface area (Å²) in [5, 5.41) is 8.56. The molecule has 32 heavy (non-hydrogen) atoms. The summed E-state index contributed by atoms with van der Waals surface area (Å²) in [5.41, 5.74) is 2.91. The third-order valence-corrected chi connectivity index (χ3v) is 6.01. The average molecular weight is 476 g/mol. The van der Waals surface area contributed by atoms with Crippen LogP contribution >= 0.6 is 23.4 Å². The van der Waals surface area contributed by atoms with E-state index in [1.165, 1.54) is 30.6 Å². The fourth-order valence-corrected chi connectivity index (χ4v) is 4.59. The van der Waals surface area contributed by atoms with Crippen LogP contribution < -0.4 is 14.8 Å². The minimum atomic E-state index is -0.492. The molecule has 1 aliphatic rings. The van der Waals surface area contributed by atoms with Crippen LogP contribution in [0.3, 0.4) is 0 Å². The maximum absolute atomic E-state index is 12.1. The van der Waals surface area contributed by atoms with Gasteiger partial charge in [-0.15, -0.1) is 5.10 Å². The largest absolute Gasteiger partial charge is 0.493 e. The number of amidine groups is 1. The van der Waals surface area contributed by atoms with Gasteiger partial charge in [0.05, 0.1) is 13.2 Å². The summed E-state index contributed by atoms with van der Waals surface area (Å²) in [7, 11) is 0. The molecule has 2 aromatic rings. The van der Waals surface area contributed by atoms with Crippen LogP contribution in [0.4, 0.5) is 0 Å². The Labute approximate surface area is 197 Å². The van der Waals surface area contributed by atoms with Gasteiger partial charge in [-0.05, 0) is 43.2 Å². The zero-order valence-corrected chi connectivity index (χ0v) is 20.0. The standard InChI is InChI=1S/C23H26ClN3O4S/c1-14-7-5-8-15(2)21(14)31-12-6-11-30-20-10-9-18(24)13-19(20)22-27(17(4)29)26-23(32-22)25-16(3)28/h5,7-10,13,22H,6,11-12H2,1-4H3,(H,25,26,28). The Morgan fingerprint density at radius 1 is 1.12 bits per heavy atom. The van der Waals surface area contributed by atoms with Gasteiger partial charge in [0.15, 0.2) is 5.17 Å². The lowest BCUT2D eigenvalue weighted by molar-refractivity contribution is -0.129. The van der Waals surface area contributed by atoms with Crippen molar-refractivity contribution in [2.24, 2.45) is 5.10 Å². The van der Waals surface area contributed by atoms with Crippen LogP contribution in [0, 0.1) is 13.8 Å². The molecular weight excluding hydrogens is 450 g/mol. The molecule has 2 amide bonds. The fraction of sp³-hybridized carbons (Fsp3) is 0.348. The molecule has 0 aliphatic carbocycles. The molecule has 1 atom stereocenters. The topological polar surface area (TPSA) is 80.2 Å². The number of nitrogens with zero attached hydrogens (tertiary/aromatic N) is 2. The van der Waals surface area contributed by atoms with Gasteiger partial charge < -0.3 is 14.8 Å². The Morgan fingerprint density at radius 3 is 2.47 bits per heavy atom. The molecule has 9 heteroatoms. The van der Waals surface area contributed by atoms with Crippen molar-refractivity contribution in [1.82, 2.24) is 10.3 Å². The van der Waals surface area contributed by atoms with E-state index in [1.807, 2.05) is 32.0 Å². The molecule has 2 aromatic carbocycles. The van der Waals surface area contributed by atoms with Crippen LogP contribution in [0.1, 0.15) is 42.3 Å². The number of hydrazone groups is 1. The molecule has 7 nitrogen and oxygen atoms in total. The summed E-state index contributed by atoms with van der Waals surface area (Å²) in [6, 6.07) is 11.3. The number of para-hydroxylation sites is 1. The summed E-state index contributed by atoms with van der Waals surface area (Å²) in [6.45, 7) is 7.80. The molecule has 1 unspecified atom stereocenters. The first-order valence-corrected chi connectivity index (χ1v) is 11.5. The lowest BCUT2D eigenvalue weighted by atomic mass is 10.1. The number of carbonyl (C=O) groups excluding carboxylic acids is 2. The van der Waals surface area contributed by atoms with Crippen LogP contribution in [0.15, 0.2) is 41.5 Å². The second-order valence-corrected chi connectivity index (χ2v) is 8.88. The van der Waals surface area contributed by atoms with Crippen LogP contribution in [-0.2, 0) is 9.59 Å². The van der Waals surface area contributed by atoms with E-state index in [2.05, 4.69) is 10.4 Å². The second kappa shape index (κ2) is 10.7. The van der Waals surface area contributed by atoms with E-state index in [-0.39, 0.29) is 11.8 Å². The molecule has 0 spiro atoms. The van der Waals surface area contributed by atoms with Crippen LogP contribution in [0.2, 0.25) is 5.02 Å². The smallest absolute Gasteiger partial charge is 0.241 e. The summed E-state index contributed by atoms with van der Waals surface area (Å²) in [4.78, 5) is 23.6. The zero-order chi connectivity index (χ0) is 23.3. The molecule has 1 heterocycles. The minimum absolute atomic E-state index is 0.254. The number of benzene rings is 2. The maximum Gasteiger partial charge on any atom is 0.241 e. The van der Waals surface area contributed by atoms with Gasteiger partial charge in [0.25, 0.3) is 0 Å². The lowest BCUT2D eigenvalue weighted by Gasteiger charge is -2.22. The van der Waals surface area contributed by atoms with Gasteiger partial charge in [-0.25, -0.2) is 5.01 Å². The van der Waals surface area contributed by atoms with Crippen molar-refractivity contribution in [3.8, 4) is 11.5 Å². The summed E-state index contributed by atoms with van der Waals surface area (Å²) in [6.07, 6.45) is 0.678. The van der Waals surface area contributed by atoms with Crippen molar-refractivity contribution in [3.05, 3.63) is 58.1 Å². The molecule has 170 valence electrons. The fourth-order valence-electron chi connectivity index (χ4n) is 3.25. The Hall–Kier alpha value is -2.71. The first kappa shape index (κ1) is 23.9. The molecule has 1 N–H and O–H groups in total. The third kappa shape index (κ3) is 5.95. The number of hydrogen-bond donors (Lipinski definition) is 1. The molecule has 1 aliphatic heterocycles. The first-order valence-electron chi connectivity index (χ1n) is 10.2. The average Bonchev–Trinajstić information content (AvgIpc) is 3.14. The predicted octanol–water partition coefficient (Wildman–Crippen LogP) is 4.81. The van der Waals surface area contributed by atoms with E-state index in [0.29, 0.717) is 41.1 Å². The number of amides is 2. The highest BCUT2D eigenvalue weighted by Gasteiger charge is 2.34. The van der Waals surface area contributed by atoms with Crippen molar-refractivity contribution >= 4 is 40.3 Å². The molecule has 0 saturated carbocycles. The highest BCUT2D eigenvalue weighted by molar-refractivity contribution is 8.14. The number of aryl methyl sites for hydroxylation is 2. The number of rotatable bonds is 7. The number of nitrogens with one attached hydrogen (secondary N) is 1. The predicted molar refractivity (Wildman–Crippen MR) is 127 cm³/mol. The van der Waals surface area contributed by atoms with Crippen molar-refractivity contribution in [2.45, 2.75) is 39.5 Å². The van der Waals surface area contributed by atoms with Gasteiger partial charge >= 0.3 is 0 Å². The van der Waals surface area contributed by atoms with Crippen molar-refractivity contribution in [3.63, 3.8) is 0 Å². The molecule has 0 fully saturated rings. The molecule has 3 rings (SSSR count). The second-order valence-electron chi connectivity index (χ2n) is 7.37. The summed E-state index contributed by atoms with van der Waals surface area (Å²) < 4.78 is 12.0. The molecule has 0 aromatic heterocycles. The number of carbonyl (C=O) groups is 2. The normalized spacial score (nSPS) is 15.3. The van der Waals surface area contributed by atoms with E-state index in [1.54, 1.807) is 18.2 Å². The SMILES string of the molecule is CC(=O)NC1=NN(C(C)=O)C(c2cc(Cl)ccc2OCCCOc2c(C)cccc2C)S1. The van der Waals surface area contributed by atoms with Crippen molar-refractivity contribution < 1.29 is 19.1 Å². The molecule has 0 bridgehead atoms. The van der Waals surface area contributed by atoms with Crippen molar-refractivity contribution in [2.75, 3.05) is 13.2 Å². The van der Waals surface area contributed by atoms with Gasteiger partial charge in [0, 0.05) is 30.9 Å². The van der Waals surface area contributed by atoms with Gasteiger partial charge in [-0.2, -0.15) is 0 Å². The number of ether oxygens (including phenoxy) is 2.